The largest absolute Gasteiger partial charge is 0.483 e. The molecule has 0 fully saturated rings. The zero-order valence-corrected chi connectivity index (χ0v) is 12.2. The number of nitrogens with zero attached hydrogens (tertiary/aromatic N) is 1. The number of hydrogen-bond acceptors (Lipinski definition) is 4. The van der Waals surface area contributed by atoms with Gasteiger partial charge in [0.1, 0.15) is 16.6 Å². The second kappa shape index (κ2) is 4.75. The minimum atomic E-state index is -0.282. The SMILES string of the molecule is NC1CC(c2ncc(I)s2)Oc2ccc(F)cc21. The number of nitrogens with two attached hydrogens (primary N) is 1. The predicted octanol–water partition coefficient (Wildman–Crippen LogP) is 3.41. The molecule has 0 saturated carbocycles. The van der Waals surface area contributed by atoms with Gasteiger partial charge < -0.3 is 10.5 Å². The fourth-order valence-corrected chi connectivity index (χ4v) is 3.54. The standard InChI is InChI=1S/C12H10FIN2OS/c13-6-1-2-9-7(3-6)8(15)4-10(17-9)12-16-5-11(14)18-12/h1-3,5,8,10H,4,15H2. The lowest BCUT2D eigenvalue weighted by Gasteiger charge is -2.29. The van der Waals surface area contributed by atoms with Gasteiger partial charge in [-0.3, -0.25) is 0 Å². The highest BCUT2D eigenvalue weighted by Gasteiger charge is 2.29. The van der Waals surface area contributed by atoms with E-state index in [9.17, 15) is 4.39 Å². The van der Waals surface area contributed by atoms with Crippen LogP contribution in [0.25, 0.3) is 0 Å². The van der Waals surface area contributed by atoms with Crippen molar-refractivity contribution >= 4 is 33.9 Å². The molecule has 0 aliphatic carbocycles. The van der Waals surface area contributed by atoms with Gasteiger partial charge >= 0.3 is 0 Å². The van der Waals surface area contributed by atoms with Crippen molar-refractivity contribution in [3.63, 3.8) is 0 Å². The van der Waals surface area contributed by atoms with E-state index in [-0.39, 0.29) is 18.0 Å². The van der Waals surface area contributed by atoms with E-state index in [1.54, 1.807) is 17.4 Å². The van der Waals surface area contributed by atoms with Crippen molar-refractivity contribution in [2.75, 3.05) is 0 Å². The zero-order valence-electron chi connectivity index (χ0n) is 9.27. The number of aromatic nitrogens is 1. The van der Waals surface area contributed by atoms with Gasteiger partial charge in [-0.15, -0.1) is 11.3 Å². The Kier molecular flexibility index (Phi) is 3.25. The summed E-state index contributed by atoms with van der Waals surface area (Å²) in [6, 6.07) is 4.26. The van der Waals surface area contributed by atoms with Gasteiger partial charge in [-0.2, -0.15) is 0 Å². The van der Waals surface area contributed by atoms with E-state index in [1.807, 2.05) is 6.20 Å². The third kappa shape index (κ3) is 2.24. The molecule has 0 spiro atoms. The summed E-state index contributed by atoms with van der Waals surface area (Å²) in [4.78, 5) is 4.32. The summed E-state index contributed by atoms with van der Waals surface area (Å²) in [7, 11) is 0. The summed E-state index contributed by atoms with van der Waals surface area (Å²) in [5, 5.41) is 0.921. The molecule has 2 atom stereocenters. The van der Waals surface area contributed by atoms with Crippen LogP contribution in [0, 0.1) is 8.70 Å². The van der Waals surface area contributed by atoms with Gasteiger partial charge in [-0.05, 0) is 40.8 Å². The summed E-state index contributed by atoms with van der Waals surface area (Å²) >= 11 is 3.82. The lowest BCUT2D eigenvalue weighted by Crippen LogP contribution is -2.24. The lowest BCUT2D eigenvalue weighted by molar-refractivity contribution is 0.160. The van der Waals surface area contributed by atoms with Gasteiger partial charge in [0.05, 0.1) is 9.08 Å². The first kappa shape index (κ1) is 12.3. The average Bonchev–Trinajstić information content (AvgIpc) is 2.77. The Morgan fingerprint density at radius 3 is 3.06 bits per heavy atom. The van der Waals surface area contributed by atoms with Gasteiger partial charge in [0, 0.05) is 18.0 Å². The van der Waals surface area contributed by atoms with E-state index in [0.717, 1.165) is 13.5 Å². The summed E-state index contributed by atoms with van der Waals surface area (Å²) in [6.07, 6.45) is 2.31. The van der Waals surface area contributed by atoms with Crippen molar-refractivity contribution in [3.05, 3.63) is 43.7 Å². The molecule has 1 aromatic heterocycles. The second-order valence-corrected chi connectivity index (χ2v) is 7.09. The van der Waals surface area contributed by atoms with Crippen LogP contribution in [0.3, 0.4) is 0 Å². The molecule has 1 aliphatic heterocycles. The minimum absolute atomic E-state index is 0.133. The third-order valence-corrected chi connectivity index (χ3v) is 4.70. The first-order valence-corrected chi connectivity index (χ1v) is 7.36. The topological polar surface area (TPSA) is 48.1 Å². The van der Waals surface area contributed by atoms with Crippen LogP contribution in [0.2, 0.25) is 0 Å². The van der Waals surface area contributed by atoms with Gasteiger partial charge in [-0.1, -0.05) is 0 Å². The van der Waals surface area contributed by atoms with Gasteiger partial charge in [0.25, 0.3) is 0 Å². The van der Waals surface area contributed by atoms with E-state index >= 15 is 0 Å². The highest BCUT2D eigenvalue weighted by atomic mass is 127. The second-order valence-electron chi connectivity index (χ2n) is 4.13. The quantitative estimate of drug-likeness (QED) is 0.777. The number of fused-ring (bicyclic) bond motifs is 1. The summed E-state index contributed by atoms with van der Waals surface area (Å²) < 4.78 is 20.1. The van der Waals surface area contributed by atoms with Crippen LogP contribution < -0.4 is 10.5 Å². The summed E-state index contributed by atoms with van der Waals surface area (Å²) in [5.74, 6) is 0.375. The van der Waals surface area contributed by atoms with Gasteiger partial charge in [-0.25, -0.2) is 9.37 Å². The van der Waals surface area contributed by atoms with Crippen molar-refractivity contribution in [2.24, 2.45) is 5.73 Å². The Labute approximate surface area is 121 Å². The van der Waals surface area contributed by atoms with Crippen LogP contribution in [0.5, 0.6) is 5.75 Å². The van der Waals surface area contributed by atoms with Gasteiger partial charge in [0.2, 0.25) is 0 Å². The van der Waals surface area contributed by atoms with E-state index < -0.39 is 0 Å². The lowest BCUT2D eigenvalue weighted by atomic mass is 9.97. The number of hydrogen-bond donors (Lipinski definition) is 1. The molecular weight excluding hydrogens is 366 g/mol. The highest BCUT2D eigenvalue weighted by Crippen LogP contribution is 2.40. The molecule has 0 radical (unpaired) electrons. The normalized spacial score (nSPS) is 22.4. The van der Waals surface area contributed by atoms with E-state index in [1.165, 1.54) is 12.1 Å². The maximum Gasteiger partial charge on any atom is 0.152 e. The van der Waals surface area contributed by atoms with Crippen LogP contribution in [-0.4, -0.2) is 4.98 Å². The maximum absolute atomic E-state index is 13.2. The molecule has 3 rings (SSSR count). The van der Waals surface area contributed by atoms with Crippen LogP contribution in [0.15, 0.2) is 24.4 Å². The molecule has 1 aromatic carbocycles. The van der Waals surface area contributed by atoms with Crippen LogP contribution in [0.1, 0.15) is 29.1 Å². The monoisotopic (exact) mass is 376 g/mol. The van der Waals surface area contributed by atoms with E-state index in [2.05, 4.69) is 27.6 Å². The average molecular weight is 376 g/mol. The molecule has 94 valence electrons. The Morgan fingerprint density at radius 2 is 2.33 bits per heavy atom. The molecule has 0 saturated heterocycles. The Balaban J connectivity index is 1.94. The number of rotatable bonds is 1. The van der Waals surface area contributed by atoms with Crippen molar-refractivity contribution in [3.8, 4) is 5.75 Å². The first-order valence-electron chi connectivity index (χ1n) is 5.46. The molecule has 2 unspecified atom stereocenters. The molecule has 0 bridgehead atoms. The molecule has 2 aromatic rings. The van der Waals surface area contributed by atoms with E-state index in [4.69, 9.17) is 10.5 Å². The van der Waals surface area contributed by atoms with Crippen LogP contribution in [0.4, 0.5) is 4.39 Å². The smallest absolute Gasteiger partial charge is 0.152 e. The maximum atomic E-state index is 13.2. The van der Waals surface area contributed by atoms with Gasteiger partial charge in [0.15, 0.2) is 6.10 Å². The molecule has 18 heavy (non-hydrogen) atoms. The van der Waals surface area contributed by atoms with Crippen LogP contribution in [-0.2, 0) is 0 Å². The summed E-state index contributed by atoms with van der Waals surface area (Å²) in [6.45, 7) is 0. The highest BCUT2D eigenvalue weighted by molar-refractivity contribution is 14.1. The first-order chi connectivity index (χ1) is 8.63. The molecule has 6 heteroatoms. The fraction of sp³-hybridized carbons (Fsp3) is 0.250. The van der Waals surface area contributed by atoms with Crippen molar-refractivity contribution < 1.29 is 9.13 Å². The zero-order chi connectivity index (χ0) is 12.7. The molecule has 3 nitrogen and oxygen atoms in total. The number of benzene rings is 1. The molecule has 0 amide bonds. The Morgan fingerprint density at radius 1 is 1.50 bits per heavy atom. The Hall–Kier alpha value is -0.730. The van der Waals surface area contributed by atoms with Crippen LogP contribution >= 0.6 is 33.9 Å². The van der Waals surface area contributed by atoms with Crippen molar-refractivity contribution in [2.45, 2.75) is 18.6 Å². The minimum Gasteiger partial charge on any atom is -0.483 e. The van der Waals surface area contributed by atoms with E-state index in [0.29, 0.717) is 12.2 Å². The molecule has 1 aliphatic rings. The molecule has 2 N–H and O–H groups in total. The van der Waals surface area contributed by atoms with Crippen molar-refractivity contribution in [1.82, 2.24) is 4.98 Å². The third-order valence-electron chi connectivity index (χ3n) is 2.88. The van der Waals surface area contributed by atoms with Crippen molar-refractivity contribution in [1.29, 1.82) is 0 Å². The predicted molar refractivity (Wildman–Crippen MR) is 76.1 cm³/mol. The number of ether oxygens (including phenoxy) is 1. The Bertz CT molecular complexity index is 589. The summed E-state index contributed by atoms with van der Waals surface area (Å²) in [5.41, 5.74) is 6.81. The molecule has 2 heterocycles. The number of halogens is 2. The fourth-order valence-electron chi connectivity index (χ4n) is 2.04. The number of thiazole rings is 1. The molecular formula is C12H10FIN2OS.